The van der Waals surface area contributed by atoms with Crippen molar-refractivity contribution < 1.29 is 8.42 Å². The molecule has 6 nitrogen and oxygen atoms in total. The molecule has 0 spiro atoms. The second-order valence-electron chi connectivity index (χ2n) is 3.98. The molecule has 96 valence electrons. The summed E-state index contributed by atoms with van der Waals surface area (Å²) >= 11 is 0. The quantitative estimate of drug-likeness (QED) is 0.865. The first kappa shape index (κ1) is 12.7. The number of benzene rings is 1. The molecule has 0 amide bonds. The fraction of sp³-hybridized carbons (Fsp3) is 0.273. The van der Waals surface area contributed by atoms with E-state index in [0.717, 1.165) is 5.56 Å². The van der Waals surface area contributed by atoms with Gasteiger partial charge in [0.25, 0.3) is 0 Å². The van der Waals surface area contributed by atoms with E-state index in [1.807, 2.05) is 0 Å². The van der Waals surface area contributed by atoms with Crippen molar-refractivity contribution in [1.82, 2.24) is 14.8 Å². The zero-order valence-electron chi connectivity index (χ0n) is 10.2. The number of aromatic nitrogens is 3. The highest BCUT2D eigenvalue weighted by Crippen LogP contribution is 2.19. The molecule has 0 bridgehead atoms. The molecule has 1 aromatic heterocycles. The predicted octanol–water partition coefficient (Wildman–Crippen LogP) is 0.344. The molecule has 0 saturated heterocycles. The Morgan fingerprint density at radius 3 is 2.33 bits per heavy atom. The normalized spacial score (nSPS) is 11.7. The highest BCUT2D eigenvalue weighted by molar-refractivity contribution is 7.90. The highest BCUT2D eigenvalue weighted by atomic mass is 32.2. The Kier molecular flexibility index (Phi) is 3.18. The van der Waals surface area contributed by atoms with Crippen molar-refractivity contribution in [1.29, 1.82) is 0 Å². The van der Waals surface area contributed by atoms with Crippen LogP contribution >= 0.6 is 0 Å². The van der Waals surface area contributed by atoms with Crippen LogP contribution < -0.4 is 5.73 Å². The topological polar surface area (TPSA) is 90.9 Å². The van der Waals surface area contributed by atoms with Gasteiger partial charge in [-0.15, -0.1) is 0 Å². The summed E-state index contributed by atoms with van der Waals surface area (Å²) in [5.41, 5.74) is 6.28. The molecule has 0 atom stereocenters. The van der Waals surface area contributed by atoms with E-state index in [9.17, 15) is 8.42 Å². The Balaban J connectivity index is 2.43. The molecule has 1 aromatic carbocycles. The van der Waals surface area contributed by atoms with E-state index in [1.54, 1.807) is 36.0 Å². The van der Waals surface area contributed by atoms with Gasteiger partial charge in [-0.2, -0.15) is 5.10 Å². The average Bonchev–Trinajstić information content (AvgIpc) is 2.70. The van der Waals surface area contributed by atoms with Crippen LogP contribution in [0.1, 0.15) is 5.82 Å². The number of nitrogens with two attached hydrogens (primary N) is 1. The molecule has 0 aliphatic carbocycles. The standard InChI is InChI=1S/C11H14N4O2S/c1-15-11(13-10(7-12)14-15)8-3-5-9(6-4-8)18(2,16)17/h3-6H,7,12H2,1-2H3. The van der Waals surface area contributed by atoms with Crippen LogP contribution in [0.4, 0.5) is 0 Å². The lowest BCUT2D eigenvalue weighted by Gasteiger charge is -2.02. The van der Waals surface area contributed by atoms with E-state index in [1.165, 1.54) is 6.26 Å². The van der Waals surface area contributed by atoms with Crippen molar-refractivity contribution in [3.05, 3.63) is 30.1 Å². The minimum absolute atomic E-state index is 0.273. The Morgan fingerprint density at radius 1 is 1.28 bits per heavy atom. The van der Waals surface area contributed by atoms with Crippen LogP contribution in [-0.4, -0.2) is 29.4 Å². The van der Waals surface area contributed by atoms with Crippen LogP contribution in [-0.2, 0) is 23.4 Å². The summed E-state index contributed by atoms with van der Waals surface area (Å²) in [7, 11) is -1.40. The lowest BCUT2D eigenvalue weighted by Crippen LogP contribution is -1.99. The van der Waals surface area contributed by atoms with Crippen LogP contribution in [0.5, 0.6) is 0 Å². The molecular weight excluding hydrogens is 252 g/mol. The molecule has 1 heterocycles. The molecule has 18 heavy (non-hydrogen) atoms. The first-order chi connectivity index (χ1) is 8.41. The fourth-order valence-corrected chi connectivity index (χ4v) is 2.26. The van der Waals surface area contributed by atoms with Gasteiger partial charge in [0.2, 0.25) is 0 Å². The van der Waals surface area contributed by atoms with Gasteiger partial charge in [-0.1, -0.05) is 0 Å². The van der Waals surface area contributed by atoms with Gasteiger partial charge in [0, 0.05) is 18.9 Å². The van der Waals surface area contributed by atoms with E-state index in [2.05, 4.69) is 10.1 Å². The molecule has 2 aromatic rings. The van der Waals surface area contributed by atoms with Crippen LogP contribution in [0.15, 0.2) is 29.2 Å². The van der Waals surface area contributed by atoms with Gasteiger partial charge in [-0.25, -0.2) is 18.1 Å². The van der Waals surface area contributed by atoms with Gasteiger partial charge in [0.15, 0.2) is 21.5 Å². The van der Waals surface area contributed by atoms with E-state index in [0.29, 0.717) is 11.6 Å². The van der Waals surface area contributed by atoms with Gasteiger partial charge in [-0.3, -0.25) is 0 Å². The number of aryl methyl sites for hydroxylation is 1. The van der Waals surface area contributed by atoms with Crippen LogP contribution in [0.3, 0.4) is 0 Å². The first-order valence-corrected chi connectivity index (χ1v) is 7.21. The third-order valence-corrected chi connectivity index (χ3v) is 3.66. The molecule has 0 aliphatic rings. The molecule has 0 saturated carbocycles. The van der Waals surface area contributed by atoms with E-state index in [4.69, 9.17) is 5.73 Å². The maximum Gasteiger partial charge on any atom is 0.175 e. The number of hydrogen-bond acceptors (Lipinski definition) is 5. The van der Waals surface area contributed by atoms with E-state index >= 15 is 0 Å². The molecular formula is C11H14N4O2S. The lowest BCUT2D eigenvalue weighted by atomic mass is 10.2. The smallest absolute Gasteiger partial charge is 0.175 e. The van der Waals surface area contributed by atoms with Gasteiger partial charge in [-0.05, 0) is 24.3 Å². The van der Waals surface area contributed by atoms with Crippen LogP contribution in [0.25, 0.3) is 11.4 Å². The maximum absolute atomic E-state index is 11.3. The Hall–Kier alpha value is -1.73. The third kappa shape index (κ3) is 2.41. The maximum atomic E-state index is 11.3. The van der Waals surface area contributed by atoms with Crippen molar-refractivity contribution in [3.8, 4) is 11.4 Å². The van der Waals surface area contributed by atoms with Gasteiger partial charge in [0.05, 0.1) is 11.4 Å². The summed E-state index contributed by atoms with van der Waals surface area (Å²) in [5.74, 6) is 1.22. The summed E-state index contributed by atoms with van der Waals surface area (Å²) < 4.78 is 24.3. The lowest BCUT2D eigenvalue weighted by molar-refractivity contribution is 0.602. The first-order valence-electron chi connectivity index (χ1n) is 5.32. The zero-order valence-corrected chi connectivity index (χ0v) is 11.0. The number of sulfone groups is 1. The average molecular weight is 266 g/mol. The van der Waals surface area contributed by atoms with Gasteiger partial charge in [0.1, 0.15) is 0 Å². The molecule has 2 rings (SSSR count). The summed E-state index contributed by atoms with van der Waals surface area (Å²) in [4.78, 5) is 4.55. The second kappa shape index (κ2) is 4.51. The molecule has 7 heteroatoms. The molecule has 0 unspecified atom stereocenters. The second-order valence-corrected chi connectivity index (χ2v) is 5.99. The summed E-state index contributed by atoms with van der Waals surface area (Å²) in [5, 5.41) is 4.14. The summed E-state index contributed by atoms with van der Waals surface area (Å²) in [6.45, 7) is 0.273. The largest absolute Gasteiger partial charge is 0.324 e. The third-order valence-electron chi connectivity index (χ3n) is 2.53. The summed E-state index contributed by atoms with van der Waals surface area (Å²) in [6, 6.07) is 6.53. The van der Waals surface area contributed by atoms with Crippen molar-refractivity contribution in [3.63, 3.8) is 0 Å². The zero-order chi connectivity index (χ0) is 13.3. The van der Waals surface area contributed by atoms with Crippen molar-refractivity contribution in [2.24, 2.45) is 12.8 Å². The number of rotatable bonds is 3. The Bertz CT molecular complexity index is 659. The molecule has 0 aliphatic heterocycles. The molecule has 2 N–H and O–H groups in total. The SMILES string of the molecule is Cn1nc(CN)nc1-c1ccc(S(C)(=O)=O)cc1. The van der Waals surface area contributed by atoms with Crippen LogP contribution in [0.2, 0.25) is 0 Å². The van der Waals surface area contributed by atoms with Crippen molar-refractivity contribution in [2.75, 3.05) is 6.26 Å². The highest BCUT2D eigenvalue weighted by Gasteiger charge is 2.11. The minimum atomic E-state index is -3.17. The predicted molar refractivity (Wildman–Crippen MR) is 67.4 cm³/mol. The number of nitrogens with zero attached hydrogens (tertiary/aromatic N) is 3. The van der Waals surface area contributed by atoms with Crippen LogP contribution in [0, 0.1) is 0 Å². The van der Waals surface area contributed by atoms with E-state index in [-0.39, 0.29) is 11.4 Å². The van der Waals surface area contributed by atoms with Crippen molar-refractivity contribution >= 4 is 9.84 Å². The number of hydrogen-bond donors (Lipinski definition) is 1. The fourth-order valence-electron chi connectivity index (χ4n) is 1.63. The van der Waals surface area contributed by atoms with E-state index < -0.39 is 9.84 Å². The van der Waals surface area contributed by atoms with Gasteiger partial charge >= 0.3 is 0 Å². The van der Waals surface area contributed by atoms with Gasteiger partial charge < -0.3 is 5.73 Å². The Morgan fingerprint density at radius 2 is 1.89 bits per heavy atom. The molecule has 0 fully saturated rings. The minimum Gasteiger partial charge on any atom is -0.324 e. The van der Waals surface area contributed by atoms with Crippen molar-refractivity contribution in [2.45, 2.75) is 11.4 Å². The Labute approximate surface area is 105 Å². The summed E-state index contributed by atoms with van der Waals surface area (Å²) in [6.07, 6.45) is 1.18. The molecule has 0 radical (unpaired) electrons. The monoisotopic (exact) mass is 266 g/mol.